The average molecular weight is 354 g/mol. The molecule has 0 aromatic heterocycles. The zero-order valence-electron chi connectivity index (χ0n) is 14.3. The Kier molecular flexibility index (Phi) is 5.59. The number of ether oxygens (including phenoxy) is 1. The summed E-state index contributed by atoms with van der Waals surface area (Å²) in [6.45, 7) is 6.50. The molecule has 1 saturated heterocycles. The van der Waals surface area contributed by atoms with Crippen LogP contribution < -0.4 is 11.1 Å². The minimum Gasteiger partial charge on any atom is -0.444 e. The molecule has 2 amide bonds. The van der Waals surface area contributed by atoms with E-state index < -0.39 is 11.7 Å². The van der Waals surface area contributed by atoms with Gasteiger partial charge in [-0.1, -0.05) is 11.6 Å². The van der Waals surface area contributed by atoms with E-state index in [2.05, 4.69) is 5.32 Å². The molecule has 1 heterocycles. The lowest BCUT2D eigenvalue weighted by atomic mass is 10.0. The van der Waals surface area contributed by atoms with Crippen LogP contribution in [0.2, 0.25) is 5.02 Å². The third-order valence-electron chi connectivity index (χ3n) is 3.65. The SMILES string of the molecule is CC(C)(C)OC(=O)NC1CCCN(C(=O)c2ccc(N)cc2Cl)C1. The van der Waals surface area contributed by atoms with Gasteiger partial charge in [-0.25, -0.2) is 4.79 Å². The molecule has 0 spiro atoms. The molecule has 1 fully saturated rings. The van der Waals surface area contributed by atoms with Crippen molar-refractivity contribution >= 4 is 29.3 Å². The van der Waals surface area contributed by atoms with Gasteiger partial charge in [0.2, 0.25) is 0 Å². The Hall–Kier alpha value is -1.95. The number of alkyl carbamates (subject to hydrolysis) is 1. The number of piperidine rings is 1. The molecule has 0 radical (unpaired) electrons. The second kappa shape index (κ2) is 7.30. The normalized spacial score (nSPS) is 18.2. The maximum absolute atomic E-state index is 12.6. The summed E-state index contributed by atoms with van der Waals surface area (Å²) in [5.41, 5.74) is 6.05. The standard InChI is InChI=1S/C17H24ClN3O3/c1-17(2,3)24-16(23)20-12-5-4-8-21(10-12)15(22)13-7-6-11(19)9-14(13)18/h6-7,9,12H,4-5,8,10,19H2,1-3H3,(H,20,23). The van der Waals surface area contributed by atoms with Gasteiger partial charge in [0.15, 0.2) is 0 Å². The largest absolute Gasteiger partial charge is 0.444 e. The second-order valence-corrected chi connectivity index (χ2v) is 7.38. The van der Waals surface area contributed by atoms with E-state index in [9.17, 15) is 9.59 Å². The fourth-order valence-corrected chi connectivity index (χ4v) is 2.90. The first-order valence-corrected chi connectivity index (χ1v) is 8.37. The van der Waals surface area contributed by atoms with E-state index in [1.54, 1.807) is 23.1 Å². The number of nitrogens with one attached hydrogen (secondary N) is 1. The van der Waals surface area contributed by atoms with Crippen LogP contribution in [0.25, 0.3) is 0 Å². The highest BCUT2D eigenvalue weighted by molar-refractivity contribution is 6.34. The van der Waals surface area contributed by atoms with E-state index in [0.29, 0.717) is 29.4 Å². The Balaban J connectivity index is 1.99. The summed E-state index contributed by atoms with van der Waals surface area (Å²) in [7, 11) is 0. The molecule has 24 heavy (non-hydrogen) atoms. The molecule has 132 valence electrons. The molecule has 1 aromatic carbocycles. The number of carbonyl (C=O) groups is 2. The summed E-state index contributed by atoms with van der Waals surface area (Å²) in [5, 5.41) is 3.16. The van der Waals surface area contributed by atoms with Gasteiger partial charge in [0, 0.05) is 24.8 Å². The van der Waals surface area contributed by atoms with Gasteiger partial charge in [-0.3, -0.25) is 4.79 Å². The molecular formula is C17H24ClN3O3. The summed E-state index contributed by atoms with van der Waals surface area (Å²) in [6.07, 6.45) is 1.14. The molecular weight excluding hydrogens is 330 g/mol. The number of nitrogen functional groups attached to an aromatic ring is 1. The van der Waals surface area contributed by atoms with Crippen LogP contribution in [0.5, 0.6) is 0 Å². The van der Waals surface area contributed by atoms with Gasteiger partial charge >= 0.3 is 6.09 Å². The second-order valence-electron chi connectivity index (χ2n) is 6.98. The van der Waals surface area contributed by atoms with Crippen LogP contribution in [-0.4, -0.2) is 41.6 Å². The summed E-state index contributed by atoms with van der Waals surface area (Å²) in [5.74, 6) is -0.157. The Morgan fingerprint density at radius 2 is 2.08 bits per heavy atom. The van der Waals surface area contributed by atoms with Gasteiger partial charge in [-0.15, -0.1) is 0 Å². The lowest BCUT2D eigenvalue weighted by Crippen LogP contribution is -2.50. The molecule has 1 aromatic rings. The van der Waals surface area contributed by atoms with Crippen LogP contribution in [0.3, 0.4) is 0 Å². The van der Waals surface area contributed by atoms with Gasteiger partial charge in [-0.05, 0) is 51.8 Å². The molecule has 3 N–H and O–H groups in total. The number of hydrogen-bond donors (Lipinski definition) is 2. The summed E-state index contributed by atoms with van der Waals surface area (Å²) < 4.78 is 5.26. The van der Waals surface area contributed by atoms with Crippen LogP contribution >= 0.6 is 11.6 Å². The van der Waals surface area contributed by atoms with E-state index in [-0.39, 0.29) is 11.9 Å². The van der Waals surface area contributed by atoms with E-state index >= 15 is 0 Å². The lowest BCUT2D eigenvalue weighted by molar-refractivity contribution is 0.0452. The third kappa shape index (κ3) is 5.03. The monoisotopic (exact) mass is 353 g/mol. The van der Waals surface area contributed by atoms with Crippen LogP contribution in [-0.2, 0) is 4.74 Å². The number of carbonyl (C=O) groups excluding carboxylic acids is 2. The smallest absolute Gasteiger partial charge is 0.407 e. The van der Waals surface area contributed by atoms with Crippen molar-refractivity contribution in [1.82, 2.24) is 10.2 Å². The van der Waals surface area contributed by atoms with Gasteiger partial charge in [0.05, 0.1) is 10.6 Å². The van der Waals surface area contributed by atoms with Gasteiger partial charge < -0.3 is 20.7 Å². The Morgan fingerprint density at radius 1 is 1.38 bits per heavy atom. The molecule has 0 bridgehead atoms. The van der Waals surface area contributed by atoms with Gasteiger partial charge in [-0.2, -0.15) is 0 Å². The fourth-order valence-electron chi connectivity index (χ4n) is 2.63. The highest BCUT2D eigenvalue weighted by Crippen LogP contribution is 2.22. The molecule has 6 nitrogen and oxygen atoms in total. The number of nitrogens with zero attached hydrogens (tertiary/aromatic N) is 1. The van der Waals surface area contributed by atoms with Crippen molar-refractivity contribution < 1.29 is 14.3 Å². The van der Waals surface area contributed by atoms with Crippen molar-refractivity contribution in [2.45, 2.75) is 45.3 Å². The first kappa shape index (κ1) is 18.4. The lowest BCUT2D eigenvalue weighted by Gasteiger charge is -2.33. The number of likely N-dealkylation sites (tertiary alicyclic amines) is 1. The number of amides is 2. The number of nitrogens with two attached hydrogens (primary N) is 1. The zero-order valence-corrected chi connectivity index (χ0v) is 15.0. The molecule has 1 aliphatic heterocycles. The number of anilines is 1. The van der Waals surface area contributed by atoms with E-state index in [4.69, 9.17) is 22.1 Å². The molecule has 0 saturated carbocycles. The molecule has 0 aliphatic carbocycles. The van der Waals surface area contributed by atoms with Crippen LogP contribution in [0.1, 0.15) is 44.0 Å². The van der Waals surface area contributed by atoms with Crippen molar-refractivity contribution in [3.05, 3.63) is 28.8 Å². The Bertz CT molecular complexity index is 628. The van der Waals surface area contributed by atoms with Crippen molar-refractivity contribution in [1.29, 1.82) is 0 Å². The highest BCUT2D eigenvalue weighted by atomic mass is 35.5. The van der Waals surface area contributed by atoms with E-state index in [0.717, 1.165) is 12.8 Å². The quantitative estimate of drug-likeness (QED) is 0.800. The zero-order chi connectivity index (χ0) is 17.9. The fraction of sp³-hybridized carbons (Fsp3) is 0.529. The van der Waals surface area contributed by atoms with Gasteiger partial charge in [0.1, 0.15) is 5.60 Å². The summed E-state index contributed by atoms with van der Waals surface area (Å²) in [6, 6.07) is 4.71. The van der Waals surface area contributed by atoms with Crippen LogP contribution in [0.15, 0.2) is 18.2 Å². The van der Waals surface area contributed by atoms with Crippen molar-refractivity contribution in [2.24, 2.45) is 0 Å². The maximum atomic E-state index is 12.6. The van der Waals surface area contributed by atoms with E-state index in [1.165, 1.54) is 0 Å². The van der Waals surface area contributed by atoms with Gasteiger partial charge in [0.25, 0.3) is 5.91 Å². The van der Waals surface area contributed by atoms with Crippen molar-refractivity contribution in [2.75, 3.05) is 18.8 Å². The number of hydrogen-bond acceptors (Lipinski definition) is 4. The van der Waals surface area contributed by atoms with Crippen molar-refractivity contribution in [3.63, 3.8) is 0 Å². The molecule has 2 rings (SSSR count). The first-order valence-electron chi connectivity index (χ1n) is 7.99. The third-order valence-corrected chi connectivity index (χ3v) is 3.97. The highest BCUT2D eigenvalue weighted by Gasteiger charge is 2.28. The molecule has 7 heteroatoms. The van der Waals surface area contributed by atoms with E-state index in [1.807, 2.05) is 20.8 Å². The first-order chi connectivity index (χ1) is 11.2. The predicted molar refractivity (Wildman–Crippen MR) is 94.2 cm³/mol. The average Bonchev–Trinajstić information content (AvgIpc) is 2.44. The number of benzene rings is 1. The maximum Gasteiger partial charge on any atom is 0.407 e. The van der Waals surface area contributed by atoms with Crippen LogP contribution in [0, 0.1) is 0 Å². The summed E-state index contributed by atoms with van der Waals surface area (Å²) in [4.78, 5) is 26.2. The molecule has 1 unspecified atom stereocenters. The summed E-state index contributed by atoms with van der Waals surface area (Å²) >= 11 is 6.12. The predicted octanol–water partition coefficient (Wildman–Crippen LogP) is 3.05. The molecule has 1 atom stereocenters. The Morgan fingerprint density at radius 3 is 2.71 bits per heavy atom. The Labute approximate surface area is 147 Å². The minimum absolute atomic E-state index is 0.134. The van der Waals surface area contributed by atoms with Crippen molar-refractivity contribution in [3.8, 4) is 0 Å². The number of halogens is 1. The topological polar surface area (TPSA) is 84.7 Å². The molecule has 1 aliphatic rings. The minimum atomic E-state index is -0.550. The number of rotatable bonds is 2. The van der Waals surface area contributed by atoms with Crippen LogP contribution in [0.4, 0.5) is 10.5 Å².